The Morgan fingerprint density at radius 1 is 1.28 bits per heavy atom. The maximum atomic E-state index is 5.60. The Balaban J connectivity index is 2.04. The molecule has 94 valence electrons. The summed E-state index contributed by atoms with van der Waals surface area (Å²) in [4.78, 5) is 10.1. The van der Waals surface area contributed by atoms with Crippen molar-refractivity contribution in [2.75, 3.05) is 0 Å². The molecule has 0 saturated carbocycles. The second-order valence-corrected chi connectivity index (χ2v) is 5.25. The van der Waals surface area contributed by atoms with E-state index in [1.165, 1.54) is 10.5 Å². The summed E-state index contributed by atoms with van der Waals surface area (Å²) in [5.41, 5.74) is 8.86. The molecule has 3 nitrogen and oxygen atoms in total. The predicted octanol–water partition coefficient (Wildman–Crippen LogP) is 2.84. The molecule has 0 bridgehead atoms. The van der Waals surface area contributed by atoms with E-state index in [2.05, 4.69) is 41.2 Å². The Morgan fingerprint density at radius 3 is 2.78 bits per heavy atom. The zero-order valence-electron chi connectivity index (χ0n) is 10.7. The molecule has 0 saturated heterocycles. The van der Waals surface area contributed by atoms with Gasteiger partial charge in [0.15, 0.2) is 0 Å². The van der Waals surface area contributed by atoms with E-state index in [-0.39, 0.29) is 0 Å². The van der Waals surface area contributed by atoms with Crippen molar-refractivity contribution in [3.8, 4) is 0 Å². The normalized spacial score (nSPS) is 10.6. The number of nitrogens with two attached hydrogens (primary N) is 1. The first-order chi connectivity index (χ1) is 8.69. The molecule has 0 aliphatic rings. The fourth-order valence-electron chi connectivity index (χ4n) is 1.66. The van der Waals surface area contributed by atoms with Crippen LogP contribution in [0.4, 0.5) is 0 Å². The number of aryl methyl sites for hydroxylation is 2. The Kier molecular flexibility index (Phi) is 4.33. The summed E-state index contributed by atoms with van der Waals surface area (Å²) in [7, 11) is 0. The minimum atomic E-state index is 0.497. The van der Waals surface area contributed by atoms with Gasteiger partial charge in [0.1, 0.15) is 5.82 Å². The summed E-state index contributed by atoms with van der Waals surface area (Å²) in [6.07, 6.45) is 1.83. The lowest BCUT2D eigenvalue weighted by Gasteiger charge is -2.05. The summed E-state index contributed by atoms with van der Waals surface area (Å²) < 4.78 is 0. The van der Waals surface area contributed by atoms with Gasteiger partial charge < -0.3 is 5.73 Å². The minimum absolute atomic E-state index is 0.497. The number of rotatable bonds is 4. The quantitative estimate of drug-likeness (QED) is 0.858. The van der Waals surface area contributed by atoms with Gasteiger partial charge in [-0.05, 0) is 26.0 Å². The molecule has 0 radical (unpaired) electrons. The topological polar surface area (TPSA) is 51.8 Å². The molecule has 2 rings (SSSR count). The third-order valence-electron chi connectivity index (χ3n) is 2.71. The molecule has 0 amide bonds. The van der Waals surface area contributed by atoms with Crippen LogP contribution in [0.5, 0.6) is 0 Å². The lowest BCUT2D eigenvalue weighted by atomic mass is 10.2. The van der Waals surface area contributed by atoms with Crippen LogP contribution in [0.1, 0.15) is 22.6 Å². The van der Waals surface area contributed by atoms with Crippen LogP contribution in [-0.4, -0.2) is 9.97 Å². The average Bonchev–Trinajstić information content (AvgIpc) is 2.37. The van der Waals surface area contributed by atoms with Gasteiger partial charge in [-0.15, -0.1) is 11.8 Å². The van der Waals surface area contributed by atoms with Gasteiger partial charge in [0, 0.05) is 28.9 Å². The molecule has 0 spiro atoms. The van der Waals surface area contributed by atoms with Crippen LogP contribution in [0, 0.1) is 13.8 Å². The van der Waals surface area contributed by atoms with E-state index in [0.29, 0.717) is 6.54 Å². The number of aromatic nitrogens is 2. The summed E-state index contributed by atoms with van der Waals surface area (Å²) in [6.45, 7) is 4.57. The van der Waals surface area contributed by atoms with Gasteiger partial charge in [-0.2, -0.15) is 0 Å². The molecule has 0 fully saturated rings. The lowest BCUT2D eigenvalue weighted by Crippen LogP contribution is -2.04. The van der Waals surface area contributed by atoms with Crippen LogP contribution in [-0.2, 0) is 12.3 Å². The summed E-state index contributed by atoms with van der Waals surface area (Å²) >= 11 is 1.75. The highest BCUT2D eigenvalue weighted by Gasteiger charge is 2.03. The first-order valence-corrected chi connectivity index (χ1v) is 6.88. The number of benzene rings is 1. The molecule has 0 unspecified atom stereocenters. The third kappa shape index (κ3) is 3.31. The van der Waals surface area contributed by atoms with Gasteiger partial charge in [-0.25, -0.2) is 9.97 Å². The van der Waals surface area contributed by atoms with Crippen LogP contribution >= 0.6 is 11.8 Å². The molecule has 0 atom stereocenters. The summed E-state index contributed by atoms with van der Waals surface area (Å²) in [5, 5.41) is 0. The monoisotopic (exact) mass is 259 g/mol. The fraction of sp³-hybridized carbons (Fsp3) is 0.286. The third-order valence-corrected chi connectivity index (χ3v) is 3.70. The first kappa shape index (κ1) is 13.1. The van der Waals surface area contributed by atoms with Crippen molar-refractivity contribution in [3.05, 3.63) is 53.1 Å². The van der Waals surface area contributed by atoms with E-state index in [4.69, 9.17) is 5.73 Å². The van der Waals surface area contributed by atoms with Crippen LogP contribution in [0.15, 0.2) is 35.4 Å². The molecule has 0 aliphatic heterocycles. The van der Waals surface area contributed by atoms with E-state index in [1.54, 1.807) is 11.8 Å². The van der Waals surface area contributed by atoms with Crippen LogP contribution in [0.3, 0.4) is 0 Å². The maximum Gasteiger partial charge on any atom is 0.138 e. The number of hydrogen-bond donors (Lipinski definition) is 1. The highest BCUT2D eigenvalue weighted by Crippen LogP contribution is 2.22. The van der Waals surface area contributed by atoms with Crippen LogP contribution < -0.4 is 5.73 Å². The molecular formula is C14H17N3S. The van der Waals surface area contributed by atoms with E-state index in [0.717, 1.165) is 22.8 Å². The molecule has 4 heteroatoms. The summed E-state index contributed by atoms with van der Waals surface area (Å²) in [5.74, 6) is 1.64. The SMILES string of the molecule is Cc1cccc(SCc2ncc(CN)c(C)n2)c1. The number of nitrogens with zero attached hydrogens (tertiary/aromatic N) is 2. The Morgan fingerprint density at radius 2 is 2.11 bits per heavy atom. The number of thioether (sulfide) groups is 1. The Bertz CT molecular complexity index is 540. The second kappa shape index (κ2) is 5.98. The van der Waals surface area contributed by atoms with Crippen molar-refractivity contribution in [1.82, 2.24) is 9.97 Å². The molecule has 1 heterocycles. The average molecular weight is 259 g/mol. The summed E-state index contributed by atoms with van der Waals surface area (Å²) in [6, 6.07) is 8.45. The van der Waals surface area contributed by atoms with Crippen molar-refractivity contribution in [1.29, 1.82) is 0 Å². The number of hydrogen-bond acceptors (Lipinski definition) is 4. The molecule has 1 aromatic heterocycles. The van der Waals surface area contributed by atoms with Crippen molar-refractivity contribution >= 4 is 11.8 Å². The van der Waals surface area contributed by atoms with E-state index in [1.807, 2.05) is 13.1 Å². The van der Waals surface area contributed by atoms with Gasteiger partial charge >= 0.3 is 0 Å². The van der Waals surface area contributed by atoms with Gasteiger partial charge in [0.25, 0.3) is 0 Å². The zero-order chi connectivity index (χ0) is 13.0. The molecule has 1 aromatic carbocycles. The van der Waals surface area contributed by atoms with Gasteiger partial charge in [0.05, 0.1) is 5.75 Å². The standard InChI is InChI=1S/C14H17N3S/c1-10-4-3-5-13(6-10)18-9-14-16-8-12(7-15)11(2)17-14/h3-6,8H,7,9,15H2,1-2H3. The van der Waals surface area contributed by atoms with E-state index in [9.17, 15) is 0 Å². The Hall–Kier alpha value is -1.39. The maximum absolute atomic E-state index is 5.60. The van der Waals surface area contributed by atoms with Gasteiger partial charge in [0.2, 0.25) is 0 Å². The second-order valence-electron chi connectivity index (χ2n) is 4.21. The van der Waals surface area contributed by atoms with Crippen LogP contribution in [0.25, 0.3) is 0 Å². The highest BCUT2D eigenvalue weighted by atomic mass is 32.2. The Labute approximate surface area is 112 Å². The van der Waals surface area contributed by atoms with E-state index < -0.39 is 0 Å². The molecule has 18 heavy (non-hydrogen) atoms. The predicted molar refractivity (Wildman–Crippen MR) is 75.4 cm³/mol. The largest absolute Gasteiger partial charge is 0.326 e. The van der Waals surface area contributed by atoms with Crippen molar-refractivity contribution in [3.63, 3.8) is 0 Å². The first-order valence-electron chi connectivity index (χ1n) is 5.90. The van der Waals surface area contributed by atoms with Gasteiger partial charge in [-0.1, -0.05) is 17.7 Å². The highest BCUT2D eigenvalue weighted by molar-refractivity contribution is 7.98. The zero-order valence-corrected chi connectivity index (χ0v) is 11.5. The van der Waals surface area contributed by atoms with Gasteiger partial charge in [-0.3, -0.25) is 0 Å². The molecule has 2 aromatic rings. The fourth-order valence-corrected chi connectivity index (χ4v) is 2.54. The molecular weight excluding hydrogens is 242 g/mol. The smallest absolute Gasteiger partial charge is 0.138 e. The molecule has 0 aliphatic carbocycles. The van der Waals surface area contributed by atoms with Crippen molar-refractivity contribution < 1.29 is 0 Å². The van der Waals surface area contributed by atoms with Crippen molar-refractivity contribution in [2.24, 2.45) is 5.73 Å². The van der Waals surface area contributed by atoms with E-state index >= 15 is 0 Å². The van der Waals surface area contributed by atoms with Crippen LogP contribution in [0.2, 0.25) is 0 Å². The van der Waals surface area contributed by atoms with Crippen molar-refractivity contribution in [2.45, 2.75) is 31.0 Å². The minimum Gasteiger partial charge on any atom is -0.326 e. The molecule has 2 N–H and O–H groups in total. The lowest BCUT2D eigenvalue weighted by molar-refractivity contribution is 0.923.